The zero-order valence-corrected chi connectivity index (χ0v) is 47.1. The monoisotopic (exact) mass is 1120 g/mol. The number of ether oxygens (including phenoxy) is 3. The molecule has 4 aromatic rings. The highest BCUT2D eigenvalue weighted by Gasteiger charge is 2.52. The van der Waals surface area contributed by atoms with Crippen LogP contribution >= 0.6 is 66.7 Å². The smallest absolute Gasteiger partial charge is 0.481 e. The Bertz CT molecular complexity index is 2010. The first-order valence-corrected chi connectivity index (χ1v) is 23.3. The number of methoxy groups -OCH3 is 3. The maximum absolute atomic E-state index is 12.2. The molecule has 0 bridgehead atoms. The standard InChI is InChI=1S/C14H22BNO3.C8H10ClNO.C6H5BrClNO.2C6H14O2.C5H2BrClFN.B2/c1-7-10-8-11(12(17-6)16-9-10)15-18-13(2,3)14(4,5)19-15;1-3-6-4-7(9)8(11-2)10-5-6;1-10-6-5(8)2-4(7)3-9-6;2*1-5(2,7)6(3,4)8;6-3-1-4(7)5(8)9-2-3;1-2/h8-9H,7H2,1-6H3;4-5H,3H2,1-2H3;2-3H,1H3;2*7-8H,1-4H3;1-2H;. The molecule has 4 radical (unpaired) electrons. The average molecular weight is 1130 g/mol. The largest absolute Gasteiger partial charge is 0.500 e. The lowest BCUT2D eigenvalue weighted by atomic mass is 9.79. The minimum atomic E-state index is -1.01. The van der Waals surface area contributed by atoms with Gasteiger partial charge in [-0.1, -0.05) is 54.7 Å². The molecule has 0 saturated carbocycles. The predicted molar refractivity (Wildman–Crippen MR) is 278 cm³/mol. The van der Waals surface area contributed by atoms with Crippen molar-refractivity contribution in [3.63, 3.8) is 0 Å². The van der Waals surface area contributed by atoms with Crippen LogP contribution in [0.1, 0.15) is 108 Å². The molecule has 0 spiro atoms. The number of halogens is 6. The summed E-state index contributed by atoms with van der Waals surface area (Å²) in [5.41, 5.74) is -1.61. The Balaban J connectivity index is 0. The van der Waals surface area contributed by atoms with Gasteiger partial charge in [-0.3, -0.25) is 0 Å². The van der Waals surface area contributed by atoms with E-state index in [1.165, 1.54) is 19.4 Å². The molecule has 22 heteroatoms. The molecule has 1 aliphatic rings. The van der Waals surface area contributed by atoms with Crippen molar-refractivity contribution < 1.29 is 48.3 Å². The molecule has 5 heterocycles. The maximum atomic E-state index is 12.2. The Morgan fingerprint density at radius 1 is 0.582 bits per heavy atom. The quantitative estimate of drug-likeness (QED) is 0.0969. The highest BCUT2D eigenvalue weighted by molar-refractivity contribution is 9.10. The number of nitrogens with zero attached hydrogens (tertiary/aromatic N) is 4. The van der Waals surface area contributed by atoms with E-state index in [2.05, 4.69) is 81.1 Å². The molecule has 5 rings (SSSR count). The van der Waals surface area contributed by atoms with Gasteiger partial charge in [0.05, 0.1) is 60.0 Å². The molecule has 0 amide bonds. The molecule has 0 aromatic carbocycles. The van der Waals surface area contributed by atoms with E-state index in [1.807, 2.05) is 46.0 Å². The third-order valence-electron chi connectivity index (χ3n) is 10.2. The number of pyridine rings is 4. The lowest BCUT2D eigenvalue weighted by Crippen LogP contribution is -2.44. The van der Waals surface area contributed by atoms with E-state index < -0.39 is 35.5 Å². The number of rotatable bonds is 8. The number of hydrogen-bond donors (Lipinski definition) is 4. The molecule has 1 aliphatic heterocycles. The van der Waals surface area contributed by atoms with Gasteiger partial charge in [0, 0.05) is 54.7 Å². The van der Waals surface area contributed by atoms with Gasteiger partial charge in [0.25, 0.3) is 0 Å². The van der Waals surface area contributed by atoms with Crippen LogP contribution in [0, 0.1) is 5.95 Å². The molecular formula is C45H67B3Br2Cl3FN4O9. The Morgan fingerprint density at radius 3 is 1.19 bits per heavy atom. The summed E-state index contributed by atoms with van der Waals surface area (Å²) in [5, 5.41) is 37.5. The van der Waals surface area contributed by atoms with E-state index in [0.29, 0.717) is 32.2 Å². The summed E-state index contributed by atoms with van der Waals surface area (Å²) in [4.78, 5) is 15.6. The van der Waals surface area contributed by atoms with Crippen LogP contribution in [-0.4, -0.2) is 118 Å². The van der Waals surface area contributed by atoms with E-state index >= 15 is 0 Å². The van der Waals surface area contributed by atoms with Crippen molar-refractivity contribution >= 4 is 94.7 Å². The molecule has 4 N–H and O–H groups in total. The summed E-state index contributed by atoms with van der Waals surface area (Å²) in [6.45, 7) is 24.9. The van der Waals surface area contributed by atoms with E-state index in [0.717, 1.165) is 33.9 Å². The number of aromatic nitrogens is 4. The third-order valence-corrected chi connectivity index (χ3v) is 11.9. The highest BCUT2D eigenvalue weighted by atomic mass is 79.9. The topological polar surface area (TPSA) is 179 Å². The first kappa shape index (κ1) is 66.8. The lowest BCUT2D eigenvalue weighted by Gasteiger charge is -2.32. The van der Waals surface area contributed by atoms with Gasteiger partial charge in [0.1, 0.15) is 10.0 Å². The van der Waals surface area contributed by atoms with E-state index in [1.54, 1.807) is 88.1 Å². The molecule has 4 aromatic heterocycles. The number of hydrogen-bond acceptors (Lipinski definition) is 13. The van der Waals surface area contributed by atoms with Gasteiger partial charge in [-0.2, -0.15) is 4.39 Å². The normalized spacial score (nSPS) is 13.6. The third kappa shape index (κ3) is 23.9. The fraction of sp³-hybridized carbons (Fsp3) is 0.556. The molecule has 0 aliphatic carbocycles. The lowest BCUT2D eigenvalue weighted by molar-refractivity contribution is -0.107. The van der Waals surface area contributed by atoms with Crippen LogP contribution < -0.4 is 19.7 Å². The van der Waals surface area contributed by atoms with Gasteiger partial charge >= 0.3 is 7.12 Å². The van der Waals surface area contributed by atoms with Crippen LogP contribution in [0.4, 0.5) is 4.39 Å². The first-order chi connectivity index (χ1) is 30.5. The van der Waals surface area contributed by atoms with Crippen LogP contribution in [0.5, 0.6) is 17.6 Å². The van der Waals surface area contributed by atoms with Crippen molar-refractivity contribution in [2.24, 2.45) is 0 Å². The average Bonchev–Trinajstić information content (AvgIpc) is 3.45. The molecule has 0 atom stereocenters. The van der Waals surface area contributed by atoms with E-state index in [4.69, 9.17) is 78.7 Å². The molecule has 13 nitrogen and oxygen atoms in total. The summed E-state index contributed by atoms with van der Waals surface area (Å²) in [6, 6.07) is 7.10. The molecule has 372 valence electrons. The van der Waals surface area contributed by atoms with Crippen LogP contribution in [0.15, 0.2) is 58.0 Å². The SMILES string of the molecule is CC(C)(O)C(C)(C)O.CC(C)(O)C(C)(C)O.CCc1cnc(OC)c(B2OC(C)(C)C(C)(C)O2)c1.CCc1cnc(OC)c(Cl)c1.COc1ncc(Br)cc1Cl.Fc1ncc(Br)cc1Cl.[B][B]. The Labute approximate surface area is 432 Å². The number of aliphatic hydroxyl groups is 4. The van der Waals surface area contributed by atoms with Crippen molar-refractivity contribution in [3.8, 4) is 17.6 Å². The minimum Gasteiger partial charge on any atom is -0.481 e. The van der Waals surface area contributed by atoms with Crippen molar-refractivity contribution in [2.45, 2.75) is 143 Å². The number of aryl methyl sites for hydroxylation is 2. The summed E-state index contributed by atoms with van der Waals surface area (Å²) in [5.74, 6) is 0.865. The molecular weight excluding hydrogens is 1060 g/mol. The summed E-state index contributed by atoms with van der Waals surface area (Å²) in [7, 11) is 12.3. The maximum Gasteiger partial charge on any atom is 0.500 e. The minimum absolute atomic E-state index is 0.0318. The first-order valence-electron chi connectivity index (χ1n) is 20.6. The van der Waals surface area contributed by atoms with Crippen molar-refractivity contribution in [2.75, 3.05) is 21.3 Å². The molecule has 0 unspecified atom stereocenters. The van der Waals surface area contributed by atoms with Gasteiger partial charge in [0.2, 0.25) is 23.6 Å². The van der Waals surface area contributed by atoms with Gasteiger partial charge < -0.3 is 43.9 Å². The summed E-state index contributed by atoms with van der Waals surface area (Å²) < 4.78 is 40.9. The second-order valence-electron chi connectivity index (χ2n) is 17.4. The zero-order chi connectivity index (χ0) is 52.9. The Morgan fingerprint density at radius 2 is 0.896 bits per heavy atom. The van der Waals surface area contributed by atoms with Crippen molar-refractivity contribution in [1.82, 2.24) is 19.9 Å². The second kappa shape index (κ2) is 29.8. The zero-order valence-electron chi connectivity index (χ0n) is 41.7. The second-order valence-corrected chi connectivity index (χ2v) is 20.4. The molecule has 1 saturated heterocycles. The fourth-order valence-electron chi connectivity index (χ4n) is 3.78. The highest BCUT2D eigenvalue weighted by Crippen LogP contribution is 2.37. The van der Waals surface area contributed by atoms with E-state index in [-0.39, 0.29) is 16.2 Å². The molecule has 1 fully saturated rings. The Hall–Kier alpha value is -2.29. The van der Waals surface area contributed by atoms with Gasteiger partial charge in [-0.25, -0.2) is 19.9 Å². The van der Waals surface area contributed by atoms with E-state index in [9.17, 15) is 4.39 Å². The van der Waals surface area contributed by atoms with Crippen LogP contribution in [-0.2, 0) is 22.2 Å². The predicted octanol–water partition coefficient (Wildman–Crippen LogP) is 9.70. The van der Waals surface area contributed by atoms with Crippen LogP contribution in [0.3, 0.4) is 0 Å². The van der Waals surface area contributed by atoms with Gasteiger partial charge in [-0.05, 0) is 157 Å². The van der Waals surface area contributed by atoms with Gasteiger partial charge in [0.15, 0.2) is 0 Å². The molecule has 67 heavy (non-hydrogen) atoms. The summed E-state index contributed by atoms with van der Waals surface area (Å²) in [6.07, 6.45) is 8.43. The van der Waals surface area contributed by atoms with Crippen molar-refractivity contribution in [3.05, 3.63) is 90.1 Å². The van der Waals surface area contributed by atoms with Gasteiger partial charge in [-0.15, -0.1) is 0 Å². The van der Waals surface area contributed by atoms with Crippen LogP contribution in [0.25, 0.3) is 0 Å². The van der Waals surface area contributed by atoms with Crippen molar-refractivity contribution in [1.29, 1.82) is 0 Å². The fourth-order valence-corrected chi connectivity index (χ4v) is 5.38. The Kier molecular flexibility index (Phi) is 29.7. The van der Waals surface area contributed by atoms with Crippen LogP contribution in [0.2, 0.25) is 15.1 Å². The summed E-state index contributed by atoms with van der Waals surface area (Å²) >= 11 is 23.2.